The summed E-state index contributed by atoms with van der Waals surface area (Å²) in [5.74, 6) is -0.137. The van der Waals surface area contributed by atoms with Crippen molar-refractivity contribution in [3.63, 3.8) is 0 Å². The third-order valence-corrected chi connectivity index (χ3v) is 3.34. The molecule has 1 aromatic rings. The molecule has 0 aromatic heterocycles. The summed E-state index contributed by atoms with van der Waals surface area (Å²) < 4.78 is 1.04. The molecule has 0 atom stereocenters. The molecule has 0 saturated carbocycles. The molecule has 0 unspecified atom stereocenters. The van der Waals surface area contributed by atoms with E-state index in [9.17, 15) is 4.79 Å². The largest absolute Gasteiger partial charge is 0.344 e. The quantitative estimate of drug-likeness (QED) is 0.858. The van der Waals surface area contributed by atoms with Crippen LogP contribution in [0.15, 0.2) is 28.7 Å². The summed E-state index contributed by atoms with van der Waals surface area (Å²) in [6, 6.07) is 10.0. The van der Waals surface area contributed by atoms with Gasteiger partial charge in [0.05, 0.1) is 6.07 Å². The van der Waals surface area contributed by atoms with Gasteiger partial charge in [-0.1, -0.05) is 28.1 Å². The molecule has 1 amide bonds. The molecule has 1 aromatic carbocycles. The van der Waals surface area contributed by atoms with Gasteiger partial charge < -0.3 is 4.90 Å². The van der Waals surface area contributed by atoms with E-state index in [0.717, 1.165) is 10.9 Å². The number of halogens is 1. The Balaban J connectivity index is 2.57. The van der Waals surface area contributed by atoms with Gasteiger partial charge in [-0.2, -0.15) is 5.26 Å². The maximum atomic E-state index is 12.0. The van der Waals surface area contributed by atoms with E-state index in [4.69, 9.17) is 5.26 Å². The van der Waals surface area contributed by atoms with Gasteiger partial charge in [0.2, 0.25) is 5.91 Å². The number of carbonyl (C=O) groups is 1. The van der Waals surface area contributed by atoms with Crippen molar-refractivity contribution in [2.24, 2.45) is 5.41 Å². The maximum Gasteiger partial charge on any atom is 0.242 e. The van der Waals surface area contributed by atoms with Crippen LogP contribution in [0, 0.1) is 16.7 Å². The fourth-order valence-corrected chi connectivity index (χ4v) is 1.84. The Morgan fingerprint density at radius 1 is 1.39 bits per heavy atom. The molecular weight excluding hydrogens is 292 g/mol. The van der Waals surface area contributed by atoms with Crippen molar-refractivity contribution >= 4 is 21.8 Å². The monoisotopic (exact) mass is 308 g/mol. The van der Waals surface area contributed by atoms with Gasteiger partial charge in [0, 0.05) is 18.1 Å². The molecule has 0 fully saturated rings. The second-order valence-corrected chi connectivity index (χ2v) is 5.76. The third kappa shape index (κ3) is 3.85. The normalized spacial score (nSPS) is 10.8. The number of likely N-dealkylation sites (N-methyl/N-ethyl adjacent to an activating group) is 1. The molecule has 96 valence electrons. The summed E-state index contributed by atoms with van der Waals surface area (Å²) in [7, 11) is 1.74. The number of benzene rings is 1. The van der Waals surface area contributed by atoms with Crippen molar-refractivity contribution in [2.45, 2.75) is 20.3 Å². The lowest BCUT2D eigenvalue weighted by atomic mass is 9.94. The smallest absolute Gasteiger partial charge is 0.242 e. The number of carbonyl (C=O) groups excluding carboxylic acids is 1. The van der Waals surface area contributed by atoms with Crippen LogP contribution in [0.1, 0.15) is 19.4 Å². The van der Waals surface area contributed by atoms with Crippen LogP contribution in [-0.2, 0) is 11.2 Å². The second kappa shape index (κ2) is 6.01. The summed E-state index contributed by atoms with van der Waals surface area (Å²) in [4.78, 5) is 13.6. The molecule has 0 aliphatic rings. The molecule has 3 nitrogen and oxygen atoms in total. The average molecular weight is 309 g/mol. The van der Waals surface area contributed by atoms with E-state index in [1.807, 2.05) is 30.3 Å². The fourth-order valence-electron chi connectivity index (χ4n) is 1.57. The minimum absolute atomic E-state index is 0.137. The Morgan fingerprint density at radius 3 is 2.44 bits per heavy atom. The highest BCUT2D eigenvalue weighted by Crippen LogP contribution is 2.17. The number of amides is 1. The minimum atomic E-state index is -0.950. The van der Waals surface area contributed by atoms with Gasteiger partial charge >= 0.3 is 0 Å². The molecule has 4 heteroatoms. The van der Waals surface area contributed by atoms with Crippen LogP contribution in [0.4, 0.5) is 0 Å². The van der Waals surface area contributed by atoms with Crippen molar-refractivity contribution in [1.82, 2.24) is 4.90 Å². The predicted molar refractivity (Wildman–Crippen MR) is 74.9 cm³/mol. The lowest BCUT2D eigenvalue weighted by molar-refractivity contribution is -0.136. The van der Waals surface area contributed by atoms with Crippen LogP contribution in [0.2, 0.25) is 0 Å². The molecule has 0 aliphatic carbocycles. The Bertz CT molecular complexity index is 460. The zero-order valence-corrected chi connectivity index (χ0v) is 12.5. The maximum absolute atomic E-state index is 12.0. The third-order valence-electron chi connectivity index (χ3n) is 2.81. The van der Waals surface area contributed by atoms with Crippen LogP contribution in [0.3, 0.4) is 0 Å². The molecule has 0 radical (unpaired) electrons. The molecule has 0 bridgehead atoms. The van der Waals surface area contributed by atoms with E-state index in [1.54, 1.807) is 25.8 Å². The average Bonchev–Trinajstić information content (AvgIpc) is 2.36. The molecule has 1 rings (SSSR count). The number of hydrogen-bond acceptors (Lipinski definition) is 2. The highest BCUT2D eigenvalue weighted by Gasteiger charge is 2.29. The topological polar surface area (TPSA) is 44.1 Å². The van der Waals surface area contributed by atoms with Gasteiger partial charge in [0.15, 0.2) is 0 Å². The van der Waals surface area contributed by atoms with Crippen LogP contribution >= 0.6 is 15.9 Å². The molecule has 0 spiro atoms. The summed E-state index contributed by atoms with van der Waals surface area (Å²) in [5, 5.41) is 8.93. The van der Waals surface area contributed by atoms with Crippen LogP contribution in [0.25, 0.3) is 0 Å². The van der Waals surface area contributed by atoms with Gasteiger partial charge in [0.25, 0.3) is 0 Å². The molecule has 0 heterocycles. The minimum Gasteiger partial charge on any atom is -0.344 e. The first-order chi connectivity index (χ1) is 8.36. The summed E-state index contributed by atoms with van der Waals surface area (Å²) in [6.45, 7) is 3.91. The number of hydrogen-bond donors (Lipinski definition) is 0. The fraction of sp³-hybridized carbons (Fsp3) is 0.429. The van der Waals surface area contributed by atoms with Crippen molar-refractivity contribution in [2.75, 3.05) is 13.6 Å². The van der Waals surface area contributed by atoms with Crippen LogP contribution in [0.5, 0.6) is 0 Å². The van der Waals surface area contributed by atoms with E-state index in [0.29, 0.717) is 6.54 Å². The van der Waals surface area contributed by atoms with Gasteiger partial charge in [-0.15, -0.1) is 0 Å². The van der Waals surface area contributed by atoms with E-state index in [2.05, 4.69) is 15.9 Å². The van der Waals surface area contributed by atoms with E-state index < -0.39 is 5.41 Å². The number of rotatable bonds is 4. The standard InChI is InChI=1S/C14H17BrN2O/c1-14(2,10-16)13(18)17(3)9-8-11-4-6-12(15)7-5-11/h4-7H,8-9H2,1-3H3. The van der Waals surface area contributed by atoms with Gasteiger partial charge in [-0.05, 0) is 38.0 Å². The molecule has 0 saturated heterocycles. The Morgan fingerprint density at radius 2 is 1.94 bits per heavy atom. The van der Waals surface area contributed by atoms with Gasteiger partial charge in [-0.3, -0.25) is 4.79 Å². The first-order valence-corrected chi connectivity index (χ1v) is 6.57. The van der Waals surface area contributed by atoms with Gasteiger partial charge in [0.1, 0.15) is 5.41 Å². The Hall–Kier alpha value is -1.34. The Kier molecular flexibility index (Phi) is 4.92. The van der Waals surface area contributed by atoms with E-state index >= 15 is 0 Å². The van der Waals surface area contributed by atoms with Crippen molar-refractivity contribution in [3.8, 4) is 6.07 Å². The lowest BCUT2D eigenvalue weighted by Crippen LogP contribution is -2.38. The van der Waals surface area contributed by atoms with Crippen LogP contribution in [-0.4, -0.2) is 24.4 Å². The summed E-state index contributed by atoms with van der Waals surface area (Å²) in [6.07, 6.45) is 0.789. The first-order valence-electron chi connectivity index (χ1n) is 5.78. The van der Waals surface area contributed by atoms with Crippen molar-refractivity contribution in [1.29, 1.82) is 5.26 Å². The van der Waals surface area contributed by atoms with Crippen molar-refractivity contribution in [3.05, 3.63) is 34.3 Å². The SMILES string of the molecule is CN(CCc1ccc(Br)cc1)C(=O)C(C)(C)C#N. The van der Waals surface area contributed by atoms with Crippen LogP contribution < -0.4 is 0 Å². The number of nitrogens with zero attached hydrogens (tertiary/aromatic N) is 2. The number of nitriles is 1. The zero-order chi connectivity index (χ0) is 13.8. The van der Waals surface area contributed by atoms with E-state index in [-0.39, 0.29) is 5.91 Å². The second-order valence-electron chi connectivity index (χ2n) is 4.84. The molecule has 0 aliphatic heterocycles. The summed E-state index contributed by atoms with van der Waals surface area (Å²) in [5.41, 5.74) is 0.224. The van der Waals surface area contributed by atoms with Gasteiger partial charge in [-0.25, -0.2) is 0 Å². The molecule has 18 heavy (non-hydrogen) atoms. The molecular formula is C14H17BrN2O. The Labute approximate surface area is 117 Å². The predicted octanol–water partition coefficient (Wildman–Crippen LogP) is 3.00. The summed E-state index contributed by atoms with van der Waals surface area (Å²) >= 11 is 3.38. The van der Waals surface area contributed by atoms with Crippen molar-refractivity contribution < 1.29 is 4.79 Å². The molecule has 0 N–H and O–H groups in total. The van der Waals surface area contributed by atoms with E-state index in [1.165, 1.54) is 5.56 Å². The highest BCUT2D eigenvalue weighted by molar-refractivity contribution is 9.10. The zero-order valence-electron chi connectivity index (χ0n) is 10.9. The highest BCUT2D eigenvalue weighted by atomic mass is 79.9. The lowest BCUT2D eigenvalue weighted by Gasteiger charge is -2.24. The first kappa shape index (κ1) is 14.7.